The van der Waals surface area contributed by atoms with Crippen LogP contribution < -0.4 is 0 Å². The topological polar surface area (TPSA) is 66.8 Å². The van der Waals surface area contributed by atoms with Crippen molar-refractivity contribution in [1.29, 1.82) is 0 Å². The normalized spacial score (nSPS) is 25.4. The van der Waals surface area contributed by atoms with Gasteiger partial charge in [-0.3, -0.25) is 0 Å². The molecule has 0 amide bonds. The van der Waals surface area contributed by atoms with Crippen molar-refractivity contribution in [3.05, 3.63) is 0 Å². The maximum absolute atomic E-state index is 12.4. The van der Waals surface area contributed by atoms with Gasteiger partial charge in [-0.2, -0.15) is 0 Å². The summed E-state index contributed by atoms with van der Waals surface area (Å²) in [5, 5.41) is 8.65. The minimum atomic E-state index is -3.13. The number of hydrogen-bond acceptors (Lipinski definition) is 4. The lowest BCUT2D eigenvalue weighted by molar-refractivity contribution is 0.0966. The summed E-state index contributed by atoms with van der Waals surface area (Å²) in [5.41, 5.74) is 0. The third kappa shape index (κ3) is 3.23. The average molecular weight is 277 g/mol. The summed E-state index contributed by atoms with van der Waals surface area (Å²) < 4.78 is 31.7. The molecule has 0 bridgehead atoms. The van der Waals surface area contributed by atoms with E-state index >= 15 is 0 Å². The minimum Gasteiger partial charge on any atom is -0.396 e. The zero-order chi connectivity index (χ0) is 13.0. The number of ether oxygens (including phenoxy) is 1. The Bertz CT molecular complexity index is 343. The van der Waals surface area contributed by atoms with Gasteiger partial charge in [0.25, 0.3) is 0 Å². The molecule has 6 heteroatoms. The predicted octanol–water partition coefficient (Wildman–Crippen LogP) is 0.590. The summed E-state index contributed by atoms with van der Waals surface area (Å²) in [5.74, 6) is 0.483. The van der Waals surface area contributed by atoms with Crippen LogP contribution in [0.5, 0.6) is 0 Å². The summed E-state index contributed by atoms with van der Waals surface area (Å²) in [7, 11) is -3.13. The van der Waals surface area contributed by atoms with E-state index in [4.69, 9.17) is 9.84 Å². The van der Waals surface area contributed by atoms with E-state index in [1.807, 2.05) is 0 Å². The Balaban J connectivity index is 1.91. The minimum absolute atomic E-state index is 0.206. The van der Waals surface area contributed by atoms with Crippen LogP contribution in [0.2, 0.25) is 0 Å². The Morgan fingerprint density at radius 1 is 1.11 bits per heavy atom. The van der Waals surface area contributed by atoms with E-state index in [1.165, 1.54) is 0 Å². The van der Waals surface area contributed by atoms with Crippen LogP contribution in [0.25, 0.3) is 0 Å². The lowest BCUT2D eigenvalue weighted by Gasteiger charge is -2.34. The van der Waals surface area contributed by atoms with Crippen molar-refractivity contribution in [2.24, 2.45) is 5.92 Å². The third-order valence-corrected chi connectivity index (χ3v) is 6.46. The summed E-state index contributed by atoms with van der Waals surface area (Å²) >= 11 is 0. The fourth-order valence-electron chi connectivity index (χ4n) is 2.82. The highest BCUT2D eigenvalue weighted by Gasteiger charge is 2.35. The van der Waals surface area contributed by atoms with Gasteiger partial charge in [-0.1, -0.05) is 0 Å². The first-order valence-electron chi connectivity index (χ1n) is 6.82. The van der Waals surface area contributed by atoms with Gasteiger partial charge in [0, 0.05) is 32.9 Å². The van der Waals surface area contributed by atoms with Gasteiger partial charge in [-0.25, -0.2) is 12.7 Å². The number of aliphatic hydroxyl groups excluding tert-OH is 1. The van der Waals surface area contributed by atoms with Crippen molar-refractivity contribution in [3.8, 4) is 0 Å². The van der Waals surface area contributed by atoms with Gasteiger partial charge in [0.1, 0.15) is 0 Å². The number of rotatable bonds is 4. The van der Waals surface area contributed by atoms with E-state index < -0.39 is 10.0 Å². The van der Waals surface area contributed by atoms with Crippen molar-refractivity contribution < 1.29 is 18.3 Å². The zero-order valence-corrected chi connectivity index (χ0v) is 11.6. The average Bonchev–Trinajstić information content (AvgIpc) is 2.41. The monoisotopic (exact) mass is 277 g/mol. The number of hydrogen-bond donors (Lipinski definition) is 1. The molecular weight excluding hydrogens is 254 g/mol. The van der Waals surface area contributed by atoms with Gasteiger partial charge in [0.05, 0.1) is 5.25 Å². The van der Waals surface area contributed by atoms with Crippen LogP contribution in [0.3, 0.4) is 0 Å². The summed E-state index contributed by atoms with van der Waals surface area (Å²) in [4.78, 5) is 0. The molecule has 0 aromatic carbocycles. The number of aliphatic hydroxyl groups is 1. The van der Waals surface area contributed by atoms with E-state index in [9.17, 15) is 8.42 Å². The Labute approximate surface area is 109 Å². The van der Waals surface area contributed by atoms with E-state index in [0.29, 0.717) is 45.1 Å². The maximum Gasteiger partial charge on any atom is 0.217 e. The Hall–Kier alpha value is -0.170. The molecule has 2 rings (SSSR count). The molecule has 2 fully saturated rings. The van der Waals surface area contributed by atoms with Gasteiger partial charge >= 0.3 is 0 Å². The van der Waals surface area contributed by atoms with Crippen molar-refractivity contribution >= 4 is 10.0 Å². The number of sulfonamides is 1. The van der Waals surface area contributed by atoms with Crippen LogP contribution in [0.1, 0.15) is 32.1 Å². The molecule has 2 saturated heterocycles. The first-order chi connectivity index (χ1) is 8.64. The van der Waals surface area contributed by atoms with Crippen LogP contribution in [0.15, 0.2) is 0 Å². The van der Waals surface area contributed by atoms with E-state index in [2.05, 4.69) is 0 Å². The standard InChI is InChI=1S/C12H23NO4S/c14-8-3-11-1-6-13(7-2-11)18(15,16)12-4-9-17-10-5-12/h11-12,14H,1-10H2. The molecule has 106 valence electrons. The Morgan fingerprint density at radius 2 is 1.72 bits per heavy atom. The molecular formula is C12H23NO4S. The van der Waals surface area contributed by atoms with Gasteiger partial charge < -0.3 is 9.84 Å². The second-order valence-corrected chi connectivity index (χ2v) is 7.42. The van der Waals surface area contributed by atoms with Crippen LogP contribution >= 0.6 is 0 Å². The molecule has 0 spiro atoms. The van der Waals surface area contributed by atoms with Gasteiger partial charge in [0.15, 0.2) is 0 Å². The maximum atomic E-state index is 12.4. The molecule has 0 atom stereocenters. The van der Waals surface area contributed by atoms with Crippen molar-refractivity contribution in [2.45, 2.75) is 37.4 Å². The Morgan fingerprint density at radius 3 is 2.28 bits per heavy atom. The molecule has 5 nitrogen and oxygen atoms in total. The Kier molecular flexibility index (Phi) is 5.00. The second kappa shape index (κ2) is 6.32. The SMILES string of the molecule is O=S(=O)(C1CCOCC1)N1CCC(CCO)CC1. The molecule has 0 aromatic rings. The highest BCUT2D eigenvalue weighted by Crippen LogP contribution is 2.26. The third-order valence-electron chi connectivity index (χ3n) is 4.06. The molecule has 0 saturated carbocycles. The van der Waals surface area contributed by atoms with Gasteiger partial charge in [-0.15, -0.1) is 0 Å². The van der Waals surface area contributed by atoms with Crippen LogP contribution in [0.4, 0.5) is 0 Å². The number of nitrogens with zero attached hydrogens (tertiary/aromatic N) is 1. The molecule has 2 aliphatic heterocycles. The lowest BCUT2D eigenvalue weighted by Crippen LogP contribution is -2.45. The van der Waals surface area contributed by atoms with Crippen LogP contribution in [-0.2, 0) is 14.8 Å². The quantitative estimate of drug-likeness (QED) is 0.816. The fourth-order valence-corrected chi connectivity index (χ4v) is 4.75. The van der Waals surface area contributed by atoms with Crippen LogP contribution in [-0.4, -0.2) is 56.0 Å². The molecule has 2 aliphatic rings. The molecule has 0 unspecified atom stereocenters. The molecule has 0 aromatic heterocycles. The van der Waals surface area contributed by atoms with E-state index in [1.54, 1.807) is 4.31 Å². The highest BCUT2D eigenvalue weighted by molar-refractivity contribution is 7.89. The van der Waals surface area contributed by atoms with Crippen LogP contribution in [0, 0.1) is 5.92 Å². The van der Waals surface area contributed by atoms with Gasteiger partial charge in [-0.05, 0) is 38.0 Å². The fraction of sp³-hybridized carbons (Fsp3) is 1.00. The van der Waals surface area contributed by atoms with Crippen molar-refractivity contribution in [3.63, 3.8) is 0 Å². The highest BCUT2D eigenvalue weighted by atomic mass is 32.2. The summed E-state index contributed by atoms with van der Waals surface area (Å²) in [6.45, 7) is 2.56. The lowest BCUT2D eigenvalue weighted by atomic mass is 9.95. The predicted molar refractivity (Wildman–Crippen MR) is 68.8 cm³/mol. The van der Waals surface area contributed by atoms with Gasteiger partial charge in [0.2, 0.25) is 10.0 Å². The summed E-state index contributed by atoms with van der Waals surface area (Å²) in [6.07, 6.45) is 3.80. The summed E-state index contributed by atoms with van der Waals surface area (Å²) in [6, 6.07) is 0. The van der Waals surface area contributed by atoms with E-state index in [0.717, 1.165) is 19.3 Å². The van der Waals surface area contributed by atoms with Crippen molar-refractivity contribution in [2.75, 3.05) is 32.9 Å². The molecule has 18 heavy (non-hydrogen) atoms. The first-order valence-corrected chi connectivity index (χ1v) is 8.32. The molecule has 0 radical (unpaired) electrons. The van der Waals surface area contributed by atoms with E-state index in [-0.39, 0.29) is 11.9 Å². The molecule has 1 N–H and O–H groups in total. The zero-order valence-electron chi connectivity index (χ0n) is 10.8. The second-order valence-electron chi connectivity index (χ2n) is 5.21. The smallest absolute Gasteiger partial charge is 0.217 e. The largest absolute Gasteiger partial charge is 0.396 e. The first kappa shape index (κ1) is 14.2. The molecule has 2 heterocycles. The number of piperidine rings is 1. The van der Waals surface area contributed by atoms with Crippen molar-refractivity contribution in [1.82, 2.24) is 4.31 Å². The molecule has 0 aliphatic carbocycles.